The highest BCUT2D eigenvalue weighted by molar-refractivity contribution is 9.10. The topological polar surface area (TPSA) is 64.3 Å². The summed E-state index contributed by atoms with van der Waals surface area (Å²) in [5, 5.41) is 2.75. The van der Waals surface area contributed by atoms with E-state index in [2.05, 4.69) is 21.2 Å². The molecule has 0 spiro atoms. The molecule has 0 unspecified atom stereocenters. The fourth-order valence-electron chi connectivity index (χ4n) is 1.67. The maximum absolute atomic E-state index is 11.8. The van der Waals surface area contributed by atoms with Gasteiger partial charge in [0.25, 0.3) is 5.91 Å². The number of ether oxygens (including phenoxy) is 1. The Labute approximate surface area is 126 Å². The Kier molecular flexibility index (Phi) is 4.63. The number of carbonyl (C=O) groups excluding carboxylic acids is 1. The largest absolute Gasteiger partial charge is 0.482 e. The van der Waals surface area contributed by atoms with Crippen LogP contribution in [0.15, 0.2) is 46.9 Å². The maximum atomic E-state index is 11.8. The van der Waals surface area contributed by atoms with E-state index in [1.54, 1.807) is 6.07 Å². The molecule has 0 aliphatic carbocycles. The zero-order valence-electron chi connectivity index (χ0n) is 11.0. The summed E-state index contributed by atoms with van der Waals surface area (Å²) in [6.45, 7) is 1.86. The molecule has 1 amide bonds. The number of nitrogens with two attached hydrogens (primary N) is 1. The number of carbonyl (C=O) groups is 1. The molecule has 0 heterocycles. The zero-order chi connectivity index (χ0) is 14.5. The first kappa shape index (κ1) is 14.4. The predicted octanol–water partition coefficient (Wildman–Crippen LogP) is 3.36. The number of nitrogen functional groups attached to an aromatic ring is 1. The van der Waals surface area contributed by atoms with Crippen LogP contribution in [0.25, 0.3) is 0 Å². The lowest BCUT2D eigenvalue weighted by atomic mass is 10.2. The Balaban J connectivity index is 1.94. The fourth-order valence-corrected chi connectivity index (χ4v) is 2.07. The van der Waals surface area contributed by atoms with Crippen molar-refractivity contribution in [3.63, 3.8) is 0 Å². The molecule has 3 N–H and O–H groups in total. The second-order valence-corrected chi connectivity index (χ2v) is 5.30. The minimum atomic E-state index is -0.232. The van der Waals surface area contributed by atoms with Gasteiger partial charge in [-0.2, -0.15) is 0 Å². The third-order valence-corrected chi connectivity index (χ3v) is 3.13. The van der Waals surface area contributed by atoms with Crippen molar-refractivity contribution in [1.29, 1.82) is 0 Å². The van der Waals surface area contributed by atoms with Crippen molar-refractivity contribution in [1.82, 2.24) is 0 Å². The van der Waals surface area contributed by atoms with Crippen molar-refractivity contribution < 1.29 is 9.53 Å². The lowest BCUT2D eigenvalue weighted by Gasteiger charge is -2.10. The van der Waals surface area contributed by atoms with Crippen molar-refractivity contribution in [2.45, 2.75) is 6.92 Å². The summed E-state index contributed by atoms with van der Waals surface area (Å²) in [6.07, 6.45) is 0. The van der Waals surface area contributed by atoms with Crippen LogP contribution < -0.4 is 15.8 Å². The van der Waals surface area contributed by atoms with E-state index < -0.39 is 0 Å². The Bertz CT molecular complexity index is 629. The molecule has 0 saturated heterocycles. The summed E-state index contributed by atoms with van der Waals surface area (Å²) in [7, 11) is 0. The molecule has 0 aromatic heterocycles. The van der Waals surface area contributed by atoms with Gasteiger partial charge in [0.1, 0.15) is 5.75 Å². The first-order valence-corrected chi connectivity index (χ1v) is 6.88. The number of hydrogen-bond acceptors (Lipinski definition) is 3. The fraction of sp³-hybridized carbons (Fsp3) is 0.133. The second kappa shape index (κ2) is 6.43. The van der Waals surface area contributed by atoms with Gasteiger partial charge in [0.2, 0.25) is 0 Å². The van der Waals surface area contributed by atoms with Crippen LogP contribution in [0.2, 0.25) is 0 Å². The Morgan fingerprint density at radius 2 is 2.10 bits per heavy atom. The Morgan fingerprint density at radius 3 is 2.85 bits per heavy atom. The van der Waals surface area contributed by atoms with E-state index in [4.69, 9.17) is 10.5 Å². The number of hydrogen-bond donors (Lipinski definition) is 2. The molecule has 0 aliphatic rings. The van der Waals surface area contributed by atoms with Gasteiger partial charge in [0.15, 0.2) is 6.61 Å². The normalized spacial score (nSPS) is 10.1. The van der Waals surface area contributed by atoms with Crippen molar-refractivity contribution in [3.05, 3.63) is 52.5 Å². The molecule has 0 aliphatic heterocycles. The van der Waals surface area contributed by atoms with Crippen LogP contribution in [0.1, 0.15) is 5.56 Å². The molecule has 2 aromatic carbocycles. The van der Waals surface area contributed by atoms with E-state index in [-0.39, 0.29) is 12.5 Å². The van der Waals surface area contributed by atoms with Crippen LogP contribution in [0.4, 0.5) is 11.4 Å². The van der Waals surface area contributed by atoms with Crippen molar-refractivity contribution in [2.24, 2.45) is 0 Å². The van der Waals surface area contributed by atoms with Crippen LogP contribution >= 0.6 is 15.9 Å². The summed E-state index contributed by atoms with van der Waals surface area (Å²) < 4.78 is 6.34. The standard InChI is InChI=1S/C15H15BrN2O2/c1-10-5-6-13(17)14(7-10)20-9-15(19)18-12-4-2-3-11(16)8-12/h2-8H,9,17H2,1H3,(H,18,19). The first-order valence-electron chi connectivity index (χ1n) is 6.09. The lowest BCUT2D eigenvalue weighted by Crippen LogP contribution is -2.20. The van der Waals surface area contributed by atoms with Gasteiger partial charge in [0.05, 0.1) is 5.69 Å². The van der Waals surface area contributed by atoms with Crippen molar-refractivity contribution in [3.8, 4) is 5.75 Å². The van der Waals surface area contributed by atoms with Crippen molar-refractivity contribution >= 4 is 33.2 Å². The molecule has 20 heavy (non-hydrogen) atoms. The van der Waals surface area contributed by atoms with Crippen LogP contribution in [-0.4, -0.2) is 12.5 Å². The van der Waals surface area contributed by atoms with E-state index in [0.29, 0.717) is 17.1 Å². The van der Waals surface area contributed by atoms with Crippen LogP contribution in [0, 0.1) is 6.92 Å². The molecule has 0 atom stereocenters. The molecule has 0 bridgehead atoms. The minimum Gasteiger partial charge on any atom is -0.482 e. The Hall–Kier alpha value is -2.01. The number of nitrogens with one attached hydrogen (secondary N) is 1. The number of aryl methyl sites for hydroxylation is 1. The number of amides is 1. The van der Waals surface area contributed by atoms with Gasteiger partial charge in [-0.3, -0.25) is 4.79 Å². The SMILES string of the molecule is Cc1ccc(N)c(OCC(=O)Nc2cccc(Br)c2)c1. The van der Waals surface area contributed by atoms with E-state index >= 15 is 0 Å². The molecule has 5 heteroatoms. The average Bonchev–Trinajstić information content (AvgIpc) is 2.40. The number of anilines is 2. The van der Waals surface area contributed by atoms with Gasteiger partial charge in [0, 0.05) is 10.2 Å². The second-order valence-electron chi connectivity index (χ2n) is 4.39. The molecule has 0 fully saturated rings. The van der Waals surface area contributed by atoms with Gasteiger partial charge in [-0.25, -0.2) is 0 Å². The molecule has 2 rings (SSSR count). The molecular weight excluding hydrogens is 320 g/mol. The third kappa shape index (κ3) is 3.99. The number of halogens is 1. The quantitative estimate of drug-likeness (QED) is 0.842. The van der Waals surface area contributed by atoms with Crippen molar-refractivity contribution in [2.75, 3.05) is 17.7 Å². The van der Waals surface area contributed by atoms with Crippen LogP contribution in [-0.2, 0) is 4.79 Å². The predicted molar refractivity (Wildman–Crippen MR) is 83.9 cm³/mol. The summed E-state index contributed by atoms with van der Waals surface area (Å²) in [6, 6.07) is 12.8. The molecule has 4 nitrogen and oxygen atoms in total. The molecular formula is C15H15BrN2O2. The highest BCUT2D eigenvalue weighted by Gasteiger charge is 2.06. The van der Waals surface area contributed by atoms with Gasteiger partial charge in [-0.1, -0.05) is 28.1 Å². The van der Waals surface area contributed by atoms with E-state index in [1.807, 2.05) is 43.3 Å². The third-order valence-electron chi connectivity index (χ3n) is 2.64. The first-order chi connectivity index (χ1) is 9.54. The minimum absolute atomic E-state index is 0.0832. The smallest absolute Gasteiger partial charge is 0.262 e. The van der Waals surface area contributed by atoms with Gasteiger partial charge >= 0.3 is 0 Å². The summed E-state index contributed by atoms with van der Waals surface area (Å²) in [4.78, 5) is 11.8. The molecule has 0 radical (unpaired) electrons. The van der Waals surface area contributed by atoms with Crippen LogP contribution in [0.5, 0.6) is 5.75 Å². The maximum Gasteiger partial charge on any atom is 0.262 e. The number of rotatable bonds is 4. The summed E-state index contributed by atoms with van der Waals surface area (Å²) in [5.41, 5.74) is 8.05. The average molecular weight is 335 g/mol. The molecule has 2 aromatic rings. The zero-order valence-corrected chi connectivity index (χ0v) is 12.6. The van der Waals surface area contributed by atoms with E-state index in [0.717, 1.165) is 10.0 Å². The van der Waals surface area contributed by atoms with Gasteiger partial charge in [-0.05, 0) is 42.8 Å². The molecule has 0 saturated carbocycles. The van der Waals surface area contributed by atoms with Crippen LogP contribution in [0.3, 0.4) is 0 Å². The van der Waals surface area contributed by atoms with E-state index in [9.17, 15) is 4.79 Å². The molecule has 104 valence electrons. The van der Waals surface area contributed by atoms with Gasteiger partial charge in [-0.15, -0.1) is 0 Å². The summed E-state index contributed by atoms with van der Waals surface area (Å²) in [5.74, 6) is 0.290. The highest BCUT2D eigenvalue weighted by Crippen LogP contribution is 2.22. The monoisotopic (exact) mass is 334 g/mol. The van der Waals surface area contributed by atoms with Gasteiger partial charge < -0.3 is 15.8 Å². The van der Waals surface area contributed by atoms with E-state index in [1.165, 1.54) is 0 Å². The Morgan fingerprint density at radius 1 is 1.30 bits per heavy atom. The summed E-state index contributed by atoms with van der Waals surface area (Å²) >= 11 is 3.35. The number of benzene rings is 2. The lowest BCUT2D eigenvalue weighted by molar-refractivity contribution is -0.118. The highest BCUT2D eigenvalue weighted by atomic mass is 79.9.